The second-order valence-corrected chi connectivity index (χ2v) is 8.57. The Hall–Kier alpha value is -0.650. The van der Waals surface area contributed by atoms with Crippen LogP contribution in [0.15, 0.2) is 0 Å². The molecular weight excluding hydrogens is 304 g/mol. The molecule has 0 bridgehead atoms. The lowest BCUT2D eigenvalue weighted by atomic mass is 9.73. The number of rotatable bonds is 4. The first-order chi connectivity index (χ1) is 11.5. The second kappa shape index (κ2) is 7.30. The highest BCUT2D eigenvalue weighted by molar-refractivity contribution is 5.78. The van der Waals surface area contributed by atoms with Gasteiger partial charge in [0.2, 0.25) is 5.91 Å². The highest BCUT2D eigenvalue weighted by atomic mass is 16.5. The van der Waals surface area contributed by atoms with Crippen LogP contribution in [0.3, 0.4) is 0 Å². The van der Waals surface area contributed by atoms with Crippen molar-refractivity contribution in [3.63, 3.8) is 0 Å². The van der Waals surface area contributed by atoms with Crippen molar-refractivity contribution in [1.82, 2.24) is 9.80 Å². The molecule has 1 amide bonds. The number of ether oxygens (including phenoxy) is 1. The van der Waals surface area contributed by atoms with Crippen LogP contribution in [0.4, 0.5) is 0 Å². The third-order valence-corrected chi connectivity index (χ3v) is 6.76. The number of hydrogen-bond acceptors (Lipinski definition) is 4. The number of nitrogens with zero attached hydrogens (tertiary/aromatic N) is 2. The fourth-order valence-corrected chi connectivity index (χ4v) is 5.36. The van der Waals surface area contributed by atoms with Crippen molar-refractivity contribution in [1.29, 1.82) is 0 Å². The molecule has 3 rings (SSSR count). The smallest absolute Gasteiger partial charge is 0.249 e. The van der Waals surface area contributed by atoms with Crippen LogP contribution in [0, 0.1) is 5.41 Å². The Bertz CT molecular complexity index is 442. The third-order valence-electron chi connectivity index (χ3n) is 6.76. The van der Waals surface area contributed by atoms with Gasteiger partial charge < -0.3 is 19.6 Å². The third kappa shape index (κ3) is 3.49. The van der Waals surface area contributed by atoms with Gasteiger partial charge in [0, 0.05) is 19.7 Å². The summed E-state index contributed by atoms with van der Waals surface area (Å²) in [5.74, 6) is 0.0145. The van der Waals surface area contributed by atoms with Gasteiger partial charge in [0.15, 0.2) is 0 Å². The topological polar surface area (TPSA) is 53.0 Å². The van der Waals surface area contributed by atoms with Crippen molar-refractivity contribution in [3.8, 4) is 0 Å². The molecule has 0 aromatic rings. The summed E-state index contributed by atoms with van der Waals surface area (Å²) < 4.78 is 5.04. The molecule has 5 nitrogen and oxygen atoms in total. The van der Waals surface area contributed by atoms with Gasteiger partial charge in [-0.2, -0.15) is 0 Å². The summed E-state index contributed by atoms with van der Waals surface area (Å²) in [5, 5.41) is 9.94. The average Bonchev–Trinajstić information content (AvgIpc) is 2.90. The molecule has 138 valence electrons. The molecule has 0 aromatic heterocycles. The van der Waals surface area contributed by atoms with Crippen LogP contribution < -0.4 is 0 Å². The molecular formula is C19H34N2O3. The van der Waals surface area contributed by atoms with E-state index in [1.807, 2.05) is 11.8 Å². The fourth-order valence-electron chi connectivity index (χ4n) is 5.36. The number of carbonyl (C=O) groups is 1. The van der Waals surface area contributed by atoms with E-state index in [4.69, 9.17) is 4.74 Å². The molecule has 1 atom stereocenters. The van der Waals surface area contributed by atoms with Crippen molar-refractivity contribution in [2.75, 3.05) is 40.0 Å². The van der Waals surface area contributed by atoms with Crippen molar-refractivity contribution < 1.29 is 14.6 Å². The Morgan fingerprint density at radius 1 is 1.21 bits per heavy atom. The summed E-state index contributed by atoms with van der Waals surface area (Å²) in [7, 11) is 1.56. The minimum atomic E-state index is -0.428. The van der Waals surface area contributed by atoms with Crippen molar-refractivity contribution in [2.24, 2.45) is 5.41 Å². The van der Waals surface area contributed by atoms with Crippen LogP contribution in [0.5, 0.6) is 0 Å². The van der Waals surface area contributed by atoms with Gasteiger partial charge in [0.05, 0.1) is 12.1 Å². The van der Waals surface area contributed by atoms with E-state index < -0.39 is 5.54 Å². The van der Waals surface area contributed by atoms with Crippen LogP contribution in [-0.4, -0.2) is 72.4 Å². The summed E-state index contributed by atoms with van der Waals surface area (Å²) in [5.41, 5.74) is -0.241. The van der Waals surface area contributed by atoms with Crippen LogP contribution >= 0.6 is 0 Å². The summed E-state index contributed by atoms with van der Waals surface area (Å²) in [6.45, 7) is 5.26. The number of methoxy groups -OCH3 is 1. The normalized spacial score (nSPS) is 31.7. The van der Waals surface area contributed by atoms with Gasteiger partial charge in [0.1, 0.15) is 6.61 Å². The van der Waals surface area contributed by atoms with Crippen LogP contribution in [0.25, 0.3) is 0 Å². The minimum absolute atomic E-state index is 0.0145. The Labute approximate surface area is 146 Å². The number of likely N-dealkylation sites (tertiary alicyclic amines) is 2. The predicted molar refractivity (Wildman–Crippen MR) is 93.8 cm³/mol. The molecule has 0 unspecified atom stereocenters. The SMILES string of the molecule is COCC(=O)N1CC2(CCN(C3CCCCC3)CC2)C[C@]1(C)CO. The maximum absolute atomic E-state index is 12.4. The van der Waals surface area contributed by atoms with E-state index in [1.165, 1.54) is 32.1 Å². The summed E-state index contributed by atoms with van der Waals surface area (Å²) >= 11 is 0. The molecule has 2 aliphatic heterocycles. The van der Waals surface area contributed by atoms with Gasteiger partial charge >= 0.3 is 0 Å². The second-order valence-electron chi connectivity index (χ2n) is 8.57. The molecule has 0 aromatic carbocycles. The quantitative estimate of drug-likeness (QED) is 0.852. The van der Waals surface area contributed by atoms with Crippen molar-refractivity contribution in [3.05, 3.63) is 0 Å². The number of amides is 1. The molecule has 5 heteroatoms. The first-order valence-electron chi connectivity index (χ1n) is 9.66. The Kier molecular flexibility index (Phi) is 5.52. The summed E-state index contributed by atoms with van der Waals surface area (Å²) in [4.78, 5) is 17.0. The molecule has 0 radical (unpaired) electrons. The number of piperidine rings is 1. The van der Waals surface area contributed by atoms with Gasteiger partial charge in [-0.3, -0.25) is 4.79 Å². The van der Waals surface area contributed by atoms with Crippen LogP contribution in [0.1, 0.15) is 58.3 Å². The van der Waals surface area contributed by atoms with E-state index in [0.717, 1.165) is 44.9 Å². The molecule has 2 heterocycles. The van der Waals surface area contributed by atoms with E-state index in [0.29, 0.717) is 0 Å². The number of aliphatic hydroxyl groups excluding tert-OH is 1. The molecule has 1 spiro atoms. The number of hydrogen-bond donors (Lipinski definition) is 1. The van der Waals surface area contributed by atoms with Crippen LogP contribution in [-0.2, 0) is 9.53 Å². The molecule has 3 aliphatic rings. The molecule has 24 heavy (non-hydrogen) atoms. The van der Waals surface area contributed by atoms with Gasteiger partial charge in [-0.25, -0.2) is 0 Å². The van der Waals surface area contributed by atoms with E-state index in [1.54, 1.807) is 7.11 Å². The summed E-state index contributed by atoms with van der Waals surface area (Å²) in [6, 6.07) is 0.785. The van der Waals surface area contributed by atoms with Gasteiger partial charge in [0.25, 0.3) is 0 Å². The molecule has 3 fully saturated rings. The van der Waals surface area contributed by atoms with E-state index >= 15 is 0 Å². The standard InChI is InChI=1S/C19H34N2O3/c1-18(15-22)13-19(14-21(18)17(23)12-24-2)8-10-20(11-9-19)16-6-4-3-5-7-16/h16,22H,3-15H2,1-2H3/t18-/m1/s1. The Morgan fingerprint density at radius 2 is 1.88 bits per heavy atom. The first kappa shape index (κ1) is 18.2. The maximum Gasteiger partial charge on any atom is 0.249 e. The van der Waals surface area contributed by atoms with Gasteiger partial charge in [-0.05, 0) is 57.5 Å². The van der Waals surface area contributed by atoms with E-state index in [-0.39, 0.29) is 24.5 Å². The lowest BCUT2D eigenvalue weighted by molar-refractivity contribution is -0.140. The lowest BCUT2D eigenvalue weighted by Crippen LogP contribution is -2.49. The zero-order chi connectivity index (χ0) is 17.2. The maximum atomic E-state index is 12.4. The first-order valence-corrected chi connectivity index (χ1v) is 9.66. The zero-order valence-electron chi connectivity index (χ0n) is 15.4. The molecule has 1 saturated carbocycles. The van der Waals surface area contributed by atoms with Crippen molar-refractivity contribution in [2.45, 2.75) is 69.9 Å². The summed E-state index contributed by atoms with van der Waals surface area (Å²) in [6.07, 6.45) is 10.1. The molecule has 2 saturated heterocycles. The molecule has 1 aliphatic carbocycles. The molecule has 1 N–H and O–H groups in total. The Morgan fingerprint density at radius 3 is 2.46 bits per heavy atom. The van der Waals surface area contributed by atoms with Crippen LogP contribution in [0.2, 0.25) is 0 Å². The van der Waals surface area contributed by atoms with E-state index in [2.05, 4.69) is 4.90 Å². The van der Waals surface area contributed by atoms with Gasteiger partial charge in [-0.1, -0.05) is 19.3 Å². The highest BCUT2D eigenvalue weighted by Gasteiger charge is 2.53. The Balaban J connectivity index is 1.64. The largest absolute Gasteiger partial charge is 0.394 e. The monoisotopic (exact) mass is 338 g/mol. The van der Waals surface area contributed by atoms with Gasteiger partial charge in [-0.15, -0.1) is 0 Å². The zero-order valence-corrected chi connectivity index (χ0v) is 15.4. The average molecular weight is 338 g/mol. The van der Waals surface area contributed by atoms with Crippen molar-refractivity contribution >= 4 is 5.91 Å². The fraction of sp³-hybridized carbons (Fsp3) is 0.947. The predicted octanol–water partition coefficient (Wildman–Crippen LogP) is 2.03. The minimum Gasteiger partial charge on any atom is -0.394 e. The van der Waals surface area contributed by atoms with E-state index in [9.17, 15) is 9.90 Å². The highest BCUT2D eigenvalue weighted by Crippen LogP contribution is 2.48. The lowest BCUT2D eigenvalue weighted by Gasteiger charge is -2.43. The number of aliphatic hydroxyl groups is 1. The number of carbonyl (C=O) groups excluding carboxylic acids is 1.